The van der Waals surface area contributed by atoms with Crippen molar-refractivity contribution in [2.75, 3.05) is 5.73 Å². The third kappa shape index (κ3) is 3.47. The van der Waals surface area contributed by atoms with Gasteiger partial charge in [0.25, 0.3) is 0 Å². The highest BCUT2D eigenvalue weighted by atomic mass is 19.1. The Hall–Kier alpha value is -2.49. The molecule has 1 unspecified atom stereocenters. The van der Waals surface area contributed by atoms with Gasteiger partial charge in [-0.25, -0.2) is 9.18 Å². The number of rotatable bonds is 3. The summed E-state index contributed by atoms with van der Waals surface area (Å²) in [5.74, 6) is -2.78. The van der Waals surface area contributed by atoms with E-state index in [0.29, 0.717) is 0 Å². The summed E-state index contributed by atoms with van der Waals surface area (Å²) >= 11 is 0. The molecule has 0 radical (unpaired) electrons. The van der Waals surface area contributed by atoms with Gasteiger partial charge in [-0.05, 0) is 6.92 Å². The molecule has 1 fully saturated rings. The van der Waals surface area contributed by atoms with Gasteiger partial charge < -0.3 is 19.9 Å². The van der Waals surface area contributed by atoms with Crippen LogP contribution in [0.15, 0.2) is 11.0 Å². The van der Waals surface area contributed by atoms with Gasteiger partial charge in [0.15, 0.2) is 30.1 Å². The summed E-state index contributed by atoms with van der Waals surface area (Å²) in [4.78, 5) is 37.8. The van der Waals surface area contributed by atoms with Crippen LogP contribution in [-0.2, 0) is 23.8 Å². The molecule has 2 N–H and O–H groups in total. The number of nitrogens with two attached hydrogens (primary N) is 1. The second-order valence-electron chi connectivity index (χ2n) is 5.04. The Balaban J connectivity index is 2.43. The first-order chi connectivity index (χ1) is 10.7. The smallest absolute Gasteiger partial charge is 0.351 e. The second kappa shape index (κ2) is 6.32. The van der Waals surface area contributed by atoms with Crippen LogP contribution in [0.25, 0.3) is 0 Å². The quantitative estimate of drug-likeness (QED) is 0.753. The van der Waals surface area contributed by atoms with E-state index in [-0.39, 0.29) is 0 Å². The van der Waals surface area contributed by atoms with Crippen LogP contribution in [0.2, 0.25) is 0 Å². The minimum atomic E-state index is -1.20. The molecule has 1 aliphatic rings. The Labute approximate surface area is 130 Å². The summed E-state index contributed by atoms with van der Waals surface area (Å²) in [6, 6.07) is 0. The molecule has 1 aromatic heterocycles. The van der Waals surface area contributed by atoms with Crippen LogP contribution in [0.1, 0.15) is 27.0 Å². The Bertz CT molecular complexity index is 691. The molecular formula is C13H16FN3O6. The Morgan fingerprint density at radius 2 is 1.87 bits per heavy atom. The van der Waals surface area contributed by atoms with E-state index in [2.05, 4.69) is 4.98 Å². The number of anilines is 1. The van der Waals surface area contributed by atoms with Crippen molar-refractivity contribution in [1.29, 1.82) is 0 Å². The van der Waals surface area contributed by atoms with Crippen molar-refractivity contribution < 1.29 is 28.2 Å². The Kier molecular flexibility index (Phi) is 4.64. The number of aromatic nitrogens is 2. The van der Waals surface area contributed by atoms with Gasteiger partial charge in [-0.2, -0.15) is 4.98 Å². The van der Waals surface area contributed by atoms with Crippen LogP contribution in [-0.4, -0.2) is 39.8 Å². The van der Waals surface area contributed by atoms with Crippen molar-refractivity contribution in [3.05, 3.63) is 22.5 Å². The number of carbonyl (C=O) groups is 2. The molecule has 1 aliphatic heterocycles. The molecule has 1 saturated heterocycles. The lowest BCUT2D eigenvalue weighted by Gasteiger charge is -2.23. The molecule has 4 atom stereocenters. The third-order valence-corrected chi connectivity index (χ3v) is 3.23. The van der Waals surface area contributed by atoms with Crippen molar-refractivity contribution in [1.82, 2.24) is 9.55 Å². The van der Waals surface area contributed by atoms with Gasteiger partial charge in [-0.1, -0.05) is 0 Å². The first kappa shape index (κ1) is 16.9. The number of nitrogen functional groups attached to an aromatic ring is 1. The number of carbonyl (C=O) groups excluding carboxylic acids is 2. The molecule has 2 rings (SSSR count). The molecule has 0 saturated carbocycles. The molecule has 10 heteroatoms. The lowest BCUT2D eigenvalue weighted by Crippen LogP contribution is -2.40. The lowest BCUT2D eigenvalue weighted by molar-refractivity contribution is -0.165. The summed E-state index contributed by atoms with van der Waals surface area (Å²) in [5.41, 5.74) is 4.34. The van der Waals surface area contributed by atoms with E-state index in [9.17, 15) is 18.8 Å². The van der Waals surface area contributed by atoms with Crippen LogP contribution in [0.3, 0.4) is 0 Å². The van der Waals surface area contributed by atoms with E-state index in [0.717, 1.165) is 17.7 Å². The van der Waals surface area contributed by atoms with E-state index in [1.54, 1.807) is 6.92 Å². The molecule has 0 amide bonds. The first-order valence-corrected chi connectivity index (χ1v) is 6.74. The monoisotopic (exact) mass is 329 g/mol. The van der Waals surface area contributed by atoms with Crippen molar-refractivity contribution in [3.8, 4) is 0 Å². The van der Waals surface area contributed by atoms with Crippen LogP contribution in [0, 0.1) is 5.82 Å². The zero-order valence-electron chi connectivity index (χ0n) is 12.7. The van der Waals surface area contributed by atoms with Crippen LogP contribution >= 0.6 is 0 Å². The number of hydrogen-bond donors (Lipinski definition) is 1. The molecule has 2 heterocycles. The summed E-state index contributed by atoms with van der Waals surface area (Å²) in [6.45, 7) is 3.90. The maximum absolute atomic E-state index is 13.6. The minimum absolute atomic E-state index is 0.558. The first-order valence-electron chi connectivity index (χ1n) is 6.74. The second-order valence-corrected chi connectivity index (χ2v) is 5.04. The van der Waals surface area contributed by atoms with Gasteiger partial charge in [-0.3, -0.25) is 14.2 Å². The van der Waals surface area contributed by atoms with E-state index in [1.165, 1.54) is 6.92 Å². The molecular weight excluding hydrogens is 313 g/mol. The van der Waals surface area contributed by atoms with Gasteiger partial charge in [0.05, 0.1) is 12.3 Å². The van der Waals surface area contributed by atoms with Crippen LogP contribution in [0.4, 0.5) is 10.2 Å². The fraction of sp³-hybridized carbons (Fsp3) is 0.538. The van der Waals surface area contributed by atoms with E-state index in [1.807, 2.05) is 0 Å². The maximum atomic E-state index is 13.6. The summed E-state index contributed by atoms with van der Waals surface area (Å²) in [6.07, 6.45) is -3.17. The molecule has 0 bridgehead atoms. The highest BCUT2D eigenvalue weighted by molar-refractivity contribution is 5.67. The van der Waals surface area contributed by atoms with Gasteiger partial charge >= 0.3 is 17.6 Å². The van der Waals surface area contributed by atoms with Gasteiger partial charge in [0.1, 0.15) is 0 Å². The third-order valence-electron chi connectivity index (χ3n) is 3.23. The summed E-state index contributed by atoms with van der Waals surface area (Å²) < 4.78 is 30.1. The molecule has 0 aromatic carbocycles. The van der Waals surface area contributed by atoms with Gasteiger partial charge in [-0.15, -0.1) is 0 Å². The predicted octanol–water partition coefficient (Wildman–Crippen LogP) is -0.255. The highest BCUT2D eigenvalue weighted by Crippen LogP contribution is 2.33. The van der Waals surface area contributed by atoms with E-state index < -0.39 is 53.8 Å². The normalized spacial score (nSPS) is 26.8. The predicted molar refractivity (Wildman–Crippen MR) is 73.6 cm³/mol. The SMILES string of the molecule is CC(=O)OC1[C@@H](OC(C)=O)[C@@H](C)O[C@H]1n1cc(F)c(N)nc1=O. The van der Waals surface area contributed by atoms with E-state index in [4.69, 9.17) is 19.9 Å². The van der Waals surface area contributed by atoms with Crippen LogP contribution in [0.5, 0.6) is 0 Å². The zero-order chi connectivity index (χ0) is 17.3. The molecule has 23 heavy (non-hydrogen) atoms. The molecule has 1 aromatic rings. The average Bonchev–Trinajstić information content (AvgIpc) is 2.70. The van der Waals surface area contributed by atoms with Crippen molar-refractivity contribution in [3.63, 3.8) is 0 Å². The maximum Gasteiger partial charge on any atom is 0.351 e. The van der Waals surface area contributed by atoms with E-state index >= 15 is 0 Å². The van der Waals surface area contributed by atoms with Gasteiger partial charge in [0, 0.05) is 13.8 Å². The highest BCUT2D eigenvalue weighted by Gasteiger charge is 2.48. The number of nitrogens with zero attached hydrogens (tertiary/aromatic N) is 2. The topological polar surface area (TPSA) is 123 Å². The van der Waals surface area contributed by atoms with Gasteiger partial charge in [0.2, 0.25) is 0 Å². The fourth-order valence-corrected chi connectivity index (χ4v) is 2.34. The van der Waals surface area contributed by atoms with Crippen molar-refractivity contribution >= 4 is 17.8 Å². The molecule has 0 spiro atoms. The number of esters is 2. The largest absolute Gasteiger partial charge is 0.456 e. The minimum Gasteiger partial charge on any atom is -0.456 e. The summed E-state index contributed by atoms with van der Waals surface area (Å²) in [7, 11) is 0. The fourth-order valence-electron chi connectivity index (χ4n) is 2.34. The number of ether oxygens (including phenoxy) is 3. The van der Waals surface area contributed by atoms with Crippen LogP contribution < -0.4 is 11.4 Å². The number of hydrogen-bond acceptors (Lipinski definition) is 8. The Morgan fingerprint density at radius 1 is 1.30 bits per heavy atom. The summed E-state index contributed by atoms with van der Waals surface area (Å²) in [5, 5.41) is 0. The molecule has 9 nitrogen and oxygen atoms in total. The standard InChI is InChI=1S/C13H16FN3O6/c1-5-9(22-6(2)18)10(23-7(3)19)12(21-5)17-4-8(14)11(15)16-13(17)20/h4-5,9-10,12H,1-3H3,(H2,15,16,20)/t5-,9+,10?,12-/m1/s1. The zero-order valence-corrected chi connectivity index (χ0v) is 12.7. The van der Waals surface area contributed by atoms with Crippen molar-refractivity contribution in [2.45, 2.75) is 45.3 Å². The molecule has 126 valence electrons. The molecule has 0 aliphatic carbocycles. The lowest BCUT2D eigenvalue weighted by atomic mass is 10.1. The number of halogens is 1. The average molecular weight is 329 g/mol. The Morgan fingerprint density at radius 3 is 2.43 bits per heavy atom. The van der Waals surface area contributed by atoms with Crippen molar-refractivity contribution in [2.24, 2.45) is 0 Å².